The molecule has 1 aromatic carbocycles. The second-order valence-corrected chi connectivity index (χ2v) is 7.29. The van der Waals surface area contributed by atoms with Crippen molar-refractivity contribution >= 4 is 16.8 Å². The fraction of sp³-hybridized carbons (Fsp3) is 0.381. The van der Waals surface area contributed by atoms with Gasteiger partial charge in [-0.05, 0) is 38.8 Å². The molecule has 0 spiro atoms. The minimum absolute atomic E-state index is 0.0654. The maximum Gasteiger partial charge on any atom is 0.255 e. The number of carbonyl (C=O) groups is 1. The molecule has 1 fully saturated rings. The van der Waals surface area contributed by atoms with Crippen LogP contribution in [0, 0.1) is 0 Å². The summed E-state index contributed by atoms with van der Waals surface area (Å²) in [5.41, 5.74) is 1.58. The van der Waals surface area contributed by atoms with Gasteiger partial charge in [-0.15, -0.1) is 0 Å². The molecule has 1 aliphatic rings. The molecule has 26 heavy (non-hydrogen) atoms. The highest BCUT2D eigenvalue weighted by Gasteiger charge is 2.28. The number of fused-ring (bicyclic) bond motifs is 1. The van der Waals surface area contributed by atoms with Crippen LogP contribution in [0.3, 0.4) is 0 Å². The molecule has 5 heteroatoms. The van der Waals surface area contributed by atoms with E-state index in [9.17, 15) is 4.79 Å². The van der Waals surface area contributed by atoms with Gasteiger partial charge in [0.15, 0.2) is 0 Å². The maximum atomic E-state index is 13.0. The van der Waals surface area contributed by atoms with E-state index in [2.05, 4.69) is 28.4 Å². The number of rotatable bonds is 3. The van der Waals surface area contributed by atoms with E-state index in [-0.39, 0.29) is 5.91 Å². The quantitative estimate of drug-likeness (QED) is 0.718. The second-order valence-electron chi connectivity index (χ2n) is 7.29. The monoisotopic (exact) mass is 348 g/mol. The zero-order valence-corrected chi connectivity index (χ0v) is 15.3. The van der Waals surface area contributed by atoms with Crippen molar-refractivity contribution in [1.29, 1.82) is 0 Å². The summed E-state index contributed by atoms with van der Waals surface area (Å²) in [6.07, 6.45) is 7.67. The average Bonchev–Trinajstić information content (AvgIpc) is 3.17. The summed E-state index contributed by atoms with van der Waals surface area (Å²) in [7, 11) is 0. The van der Waals surface area contributed by atoms with Crippen molar-refractivity contribution in [2.75, 3.05) is 13.1 Å². The van der Waals surface area contributed by atoms with E-state index >= 15 is 0 Å². The Morgan fingerprint density at radius 2 is 2.08 bits per heavy atom. The van der Waals surface area contributed by atoms with Gasteiger partial charge in [0.25, 0.3) is 5.91 Å². The number of hydrogen-bond acceptors (Lipinski definition) is 3. The zero-order valence-electron chi connectivity index (χ0n) is 15.3. The van der Waals surface area contributed by atoms with Gasteiger partial charge in [-0.3, -0.25) is 9.78 Å². The molecule has 0 radical (unpaired) electrons. The summed E-state index contributed by atoms with van der Waals surface area (Å²) < 4.78 is 2.22. The highest BCUT2D eigenvalue weighted by atomic mass is 16.2. The third-order valence-electron chi connectivity index (χ3n) is 5.17. The Hall–Kier alpha value is -2.69. The first-order chi connectivity index (χ1) is 12.6. The van der Waals surface area contributed by atoms with Gasteiger partial charge in [-0.25, -0.2) is 4.98 Å². The Balaban J connectivity index is 1.56. The summed E-state index contributed by atoms with van der Waals surface area (Å²) in [5.74, 6) is 1.45. The van der Waals surface area contributed by atoms with E-state index in [0.717, 1.165) is 42.7 Å². The van der Waals surface area contributed by atoms with Crippen LogP contribution >= 0.6 is 0 Å². The first-order valence-corrected chi connectivity index (χ1v) is 9.30. The lowest BCUT2D eigenvalue weighted by atomic mass is 9.96. The lowest BCUT2D eigenvalue weighted by Gasteiger charge is -2.33. The number of hydrogen-bond donors (Lipinski definition) is 0. The van der Waals surface area contributed by atoms with Crippen molar-refractivity contribution in [3.8, 4) is 0 Å². The smallest absolute Gasteiger partial charge is 0.255 e. The van der Waals surface area contributed by atoms with Crippen LogP contribution in [0.1, 0.15) is 54.8 Å². The predicted octanol–water partition coefficient (Wildman–Crippen LogP) is 4.03. The Labute approximate surface area is 153 Å². The molecule has 3 heterocycles. The SMILES string of the molecule is CC(C)n1ccnc1[C@@H]1CCCN(C(=O)c2cnc3ccccc3c2)C1. The first kappa shape index (κ1) is 16.8. The number of pyridine rings is 1. The van der Waals surface area contributed by atoms with Crippen molar-refractivity contribution in [1.82, 2.24) is 19.4 Å². The van der Waals surface area contributed by atoms with E-state index in [0.29, 0.717) is 17.5 Å². The van der Waals surface area contributed by atoms with Crippen LogP contribution in [-0.4, -0.2) is 38.4 Å². The molecule has 0 N–H and O–H groups in total. The lowest BCUT2D eigenvalue weighted by molar-refractivity contribution is 0.0703. The van der Waals surface area contributed by atoms with E-state index in [1.165, 1.54) is 0 Å². The van der Waals surface area contributed by atoms with Gasteiger partial charge < -0.3 is 9.47 Å². The van der Waals surface area contributed by atoms with Crippen LogP contribution in [0.4, 0.5) is 0 Å². The molecule has 2 aromatic heterocycles. The minimum Gasteiger partial charge on any atom is -0.338 e. The standard InChI is InChI=1S/C21H24N4O/c1-15(2)25-11-9-22-20(25)17-7-5-10-24(14-17)21(26)18-12-16-6-3-4-8-19(16)23-13-18/h3-4,6,8-9,11-13,15,17H,5,7,10,14H2,1-2H3/t17-/m1/s1. The molecule has 0 aliphatic carbocycles. The number of nitrogens with zero attached hydrogens (tertiary/aromatic N) is 4. The van der Waals surface area contributed by atoms with Crippen molar-refractivity contribution in [3.63, 3.8) is 0 Å². The number of imidazole rings is 1. The van der Waals surface area contributed by atoms with Crippen molar-refractivity contribution in [2.45, 2.75) is 38.6 Å². The molecule has 5 nitrogen and oxygen atoms in total. The van der Waals surface area contributed by atoms with Crippen molar-refractivity contribution in [3.05, 3.63) is 60.3 Å². The molecule has 1 atom stereocenters. The number of benzene rings is 1. The third kappa shape index (κ3) is 3.09. The lowest BCUT2D eigenvalue weighted by Crippen LogP contribution is -2.39. The molecule has 1 amide bonds. The number of para-hydroxylation sites is 1. The number of likely N-dealkylation sites (tertiary alicyclic amines) is 1. The van der Waals surface area contributed by atoms with E-state index in [1.54, 1.807) is 6.20 Å². The van der Waals surface area contributed by atoms with Gasteiger partial charge in [0, 0.05) is 49.0 Å². The number of piperidine rings is 1. The molecule has 0 unspecified atom stereocenters. The highest BCUT2D eigenvalue weighted by Crippen LogP contribution is 2.28. The molecule has 134 valence electrons. The van der Waals surface area contributed by atoms with Gasteiger partial charge >= 0.3 is 0 Å². The summed E-state index contributed by atoms with van der Waals surface area (Å²) in [6.45, 7) is 5.84. The summed E-state index contributed by atoms with van der Waals surface area (Å²) in [5, 5.41) is 1.00. The van der Waals surface area contributed by atoms with Gasteiger partial charge in [-0.1, -0.05) is 18.2 Å². The van der Waals surface area contributed by atoms with E-state index in [4.69, 9.17) is 0 Å². The zero-order chi connectivity index (χ0) is 18.1. The van der Waals surface area contributed by atoms with Crippen molar-refractivity contribution < 1.29 is 4.79 Å². The molecule has 1 aliphatic heterocycles. The normalized spacial score (nSPS) is 17.8. The Morgan fingerprint density at radius 1 is 1.23 bits per heavy atom. The molecule has 3 aromatic rings. The predicted molar refractivity (Wildman–Crippen MR) is 102 cm³/mol. The minimum atomic E-state index is 0.0654. The molecular weight excluding hydrogens is 324 g/mol. The third-order valence-corrected chi connectivity index (χ3v) is 5.17. The Bertz CT molecular complexity index is 930. The topological polar surface area (TPSA) is 51.0 Å². The molecule has 4 rings (SSSR count). The average molecular weight is 348 g/mol. The number of carbonyl (C=O) groups excluding carboxylic acids is 1. The fourth-order valence-corrected chi connectivity index (χ4v) is 3.82. The summed E-state index contributed by atoms with van der Waals surface area (Å²) in [6, 6.07) is 10.2. The summed E-state index contributed by atoms with van der Waals surface area (Å²) >= 11 is 0. The Kier molecular flexibility index (Phi) is 4.45. The van der Waals surface area contributed by atoms with E-state index < -0.39 is 0 Å². The second kappa shape index (κ2) is 6.90. The van der Waals surface area contributed by atoms with Gasteiger partial charge in [0.2, 0.25) is 0 Å². The van der Waals surface area contributed by atoms with Crippen LogP contribution in [0.25, 0.3) is 10.9 Å². The van der Waals surface area contributed by atoms with Gasteiger partial charge in [0.05, 0.1) is 11.1 Å². The van der Waals surface area contributed by atoms with Crippen LogP contribution in [0.2, 0.25) is 0 Å². The van der Waals surface area contributed by atoms with Crippen LogP contribution in [-0.2, 0) is 0 Å². The van der Waals surface area contributed by atoms with Crippen LogP contribution in [0.5, 0.6) is 0 Å². The number of aromatic nitrogens is 3. The van der Waals surface area contributed by atoms with Gasteiger partial charge in [0.1, 0.15) is 5.82 Å². The van der Waals surface area contributed by atoms with Gasteiger partial charge in [-0.2, -0.15) is 0 Å². The molecule has 1 saturated heterocycles. The van der Waals surface area contributed by atoms with Crippen LogP contribution in [0.15, 0.2) is 48.9 Å². The fourth-order valence-electron chi connectivity index (χ4n) is 3.82. The van der Waals surface area contributed by atoms with E-state index in [1.807, 2.05) is 47.6 Å². The molecule has 0 saturated carbocycles. The summed E-state index contributed by atoms with van der Waals surface area (Å²) in [4.78, 5) is 24.0. The van der Waals surface area contributed by atoms with Crippen LogP contribution < -0.4 is 0 Å². The maximum absolute atomic E-state index is 13.0. The largest absolute Gasteiger partial charge is 0.338 e. The number of amides is 1. The first-order valence-electron chi connectivity index (χ1n) is 9.30. The van der Waals surface area contributed by atoms with Crippen molar-refractivity contribution in [2.24, 2.45) is 0 Å². The molecular formula is C21H24N4O. The molecule has 0 bridgehead atoms. The highest BCUT2D eigenvalue weighted by molar-refractivity contribution is 5.97. The Morgan fingerprint density at radius 3 is 2.92 bits per heavy atom.